The van der Waals surface area contributed by atoms with E-state index in [1.54, 1.807) is 18.2 Å². The first-order valence-electron chi connectivity index (χ1n) is 9.39. The van der Waals surface area contributed by atoms with Gasteiger partial charge in [-0.2, -0.15) is 0 Å². The van der Waals surface area contributed by atoms with Gasteiger partial charge >= 0.3 is 5.97 Å². The summed E-state index contributed by atoms with van der Waals surface area (Å²) in [5, 5.41) is 2.91. The SMILES string of the molecule is CC(C)(C)OC(=O)/C=C/c1ccc(C2CC2C(=O)Nc2ccccc2N)cc1. The monoisotopic (exact) mass is 378 g/mol. The molecular weight excluding hydrogens is 352 g/mol. The van der Waals surface area contributed by atoms with Crippen molar-refractivity contribution in [1.29, 1.82) is 0 Å². The Labute approximate surface area is 165 Å². The zero-order chi connectivity index (χ0) is 20.3. The number of para-hydroxylation sites is 2. The van der Waals surface area contributed by atoms with E-state index < -0.39 is 5.60 Å². The first kappa shape index (κ1) is 19.7. The minimum atomic E-state index is -0.503. The topological polar surface area (TPSA) is 81.4 Å². The summed E-state index contributed by atoms with van der Waals surface area (Å²) in [6.07, 6.45) is 3.98. The average Bonchev–Trinajstić information content (AvgIpc) is 3.42. The van der Waals surface area contributed by atoms with Gasteiger partial charge in [-0.25, -0.2) is 4.79 Å². The summed E-state index contributed by atoms with van der Waals surface area (Å²) in [6.45, 7) is 5.51. The molecule has 2 atom stereocenters. The molecule has 2 aromatic carbocycles. The second-order valence-electron chi connectivity index (χ2n) is 8.06. The molecule has 2 unspecified atom stereocenters. The zero-order valence-corrected chi connectivity index (χ0v) is 16.4. The third-order valence-corrected chi connectivity index (χ3v) is 4.53. The summed E-state index contributed by atoms with van der Waals surface area (Å²) in [6, 6.07) is 15.1. The van der Waals surface area contributed by atoms with Crippen LogP contribution in [0.4, 0.5) is 11.4 Å². The number of nitrogens with two attached hydrogens (primary N) is 1. The van der Waals surface area contributed by atoms with E-state index in [2.05, 4.69) is 5.32 Å². The summed E-state index contributed by atoms with van der Waals surface area (Å²) in [5.74, 6) is -0.191. The number of carbonyl (C=O) groups excluding carboxylic acids is 2. The second-order valence-corrected chi connectivity index (χ2v) is 8.06. The molecule has 1 aliphatic carbocycles. The lowest BCUT2D eigenvalue weighted by Gasteiger charge is -2.17. The zero-order valence-electron chi connectivity index (χ0n) is 16.4. The quantitative estimate of drug-likeness (QED) is 0.460. The molecule has 28 heavy (non-hydrogen) atoms. The molecule has 0 saturated heterocycles. The van der Waals surface area contributed by atoms with E-state index >= 15 is 0 Å². The molecular formula is C23H26N2O3. The van der Waals surface area contributed by atoms with Crippen LogP contribution in [-0.4, -0.2) is 17.5 Å². The molecule has 3 N–H and O–H groups in total. The smallest absolute Gasteiger partial charge is 0.331 e. The number of ether oxygens (including phenoxy) is 1. The largest absolute Gasteiger partial charge is 0.457 e. The first-order chi connectivity index (χ1) is 13.2. The predicted molar refractivity (Wildman–Crippen MR) is 112 cm³/mol. The van der Waals surface area contributed by atoms with E-state index in [0.717, 1.165) is 17.5 Å². The lowest BCUT2D eigenvalue weighted by molar-refractivity contribution is -0.148. The van der Waals surface area contributed by atoms with Crippen molar-refractivity contribution in [2.75, 3.05) is 11.1 Å². The molecule has 0 heterocycles. The van der Waals surface area contributed by atoms with Gasteiger partial charge in [-0.1, -0.05) is 36.4 Å². The molecule has 0 radical (unpaired) electrons. The standard InChI is InChI=1S/C23H26N2O3/c1-23(2,3)28-21(26)13-10-15-8-11-16(12-9-15)17-14-18(17)22(27)25-20-7-5-4-6-19(20)24/h4-13,17-18H,14,24H2,1-3H3,(H,25,27)/b13-10+. The predicted octanol–water partition coefficient (Wildman–Crippen LogP) is 4.37. The van der Waals surface area contributed by atoms with Gasteiger partial charge in [0.25, 0.3) is 0 Å². The third kappa shape index (κ3) is 5.22. The molecule has 3 rings (SSSR count). The van der Waals surface area contributed by atoms with Crippen LogP contribution in [0.5, 0.6) is 0 Å². The number of esters is 1. The Morgan fingerprint density at radius 3 is 2.43 bits per heavy atom. The Hall–Kier alpha value is -3.08. The van der Waals surface area contributed by atoms with Crippen LogP contribution in [0.1, 0.15) is 44.2 Å². The van der Waals surface area contributed by atoms with Crippen molar-refractivity contribution < 1.29 is 14.3 Å². The van der Waals surface area contributed by atoms with E-state index in [4.69, 9.17) is 10.5 Å². The second kappa shape index (κ2) is 7.89. The van der Waals surface area contributed by atoms with E-state index in [-0.39, 0.29) is 23.7 Å². The molecule has 2 aromatic rings. The Balaban J connectivity index is 1.56. The fourth-order valence-corrected chi connectivity index (χ4v) is 3.04. The van der Waals surface area contributed by atoms with E-state index in [0.29, 0.717) is 11.4 Å². The van der Waals surface area contributed by atoms with Crippen LogP contribution in [0.3, 0.4) is 0 Å². The van der Waals surface area contributed by atoms with Crippen molar-refractivity contribution in [3.8, 4) is 0 Å². The molecule has 0 aromatic heterocycles. The lowest BCUT2D eigenvalue weighted by Crippen LogP contribution is -2.22. The van der Waals surface area contributed by atoms with Crippen molar-refractivity contribution in [3.05, 3.63) is 65.7 Å². The number of rotatable bonds is 5. The van der Waals surface area contributed by atoms with Gasteiger partial charge in [0.05, 0.1) is 11.4 Å². The minimum Gasteiger partial charge on any atom is -0.457 e. The summed E-state index contributed by atoms with van der Waals surface area (Å²) < 4.78 is 5.25. The Bertz CT molecular complexity index is 895. The fraction of sp³-hybridized carbons (Fsp3) is 0.304. The van der Waals surface area contributed by atoms with Crippen molar-refractivity contribution >= 4 is 29.3 Å². The number of hydrogen-bond donors (Lipinski definition) is 2. The molecule has 1 aliphatic rings. The molecule has 146 valence electrons. The summed E-state index contributed by atoms with van der Waals surface area (Å²) in [4.78, 5) is 24.2. The van der Waals surface area contributed by atoms with E-state index in [1.165, 1.54) is 6.08 Å². The maximum atomic E-state index is 12.4. The number of hydrogen-bond acceptors (Lipinski definition) is 4. The minimum absolute atomic E-state index is 0.00296. The molecule has 0 spiro atoms. The number of benzene rings is 2. The van der Waals surface area contributed by atoms with Crippen LogP contribution >= 0.6 is 0 Å². The van der Waals surface area contributed by atoms with E-state index in [9.17, 15) is 9.59 Å². The number of carbonyl (C=O) groups is 2. The molecule has 0 aliphatic heterocycles. The number of nitrogens with one attached hydrogen (secondary N) is 1. The number of nitrogen functional groups attached to an aromatic ring is 1. The lowest BCUT2D eigenvalue weighted by atomic mass is 10.1. The Kier molecular flexibility index (Phi) is 5.54. The summed E-state index contributed by atoms with van der Waals surface area (Å²) >= 11 is 0. The van der Waals surface area contributed by atoms with Gasteiger partial charge in [-0.3, -0.25) is 4.79 Å². The van der Waals surface area contributed by atoms with Gasteiger partial charge < -0.3 is 15.8 Å². The van der Waals surface area contributed by atoms with Crippen LogP contribution in [0.25, 0.3) is 6.08 Å². The van der Waals surface area contributed by atoms with Gasteiger partial charge in [0.15, 0.2) is 0 Å². The van der Waals surface area contributed by atoms with Gasteiger partial charge in [0.1, 0.15) is 5.60 Å². The molecule has 1 saturated carbocycles. The normalized spacial score (nSPS) is 18.7. The van der Waals surface area contributed by atoms with Crippen molar-refractivity contribution in [3.63, 3.8) is 0 Å². The highest BCUT2D eigenvalue weighted by Gasteiger charge is 2.43. The van der Waals surface area contributed by atoms with Crippen LogP contribution in [0.2, 0.25) is 0 Å². The fourth-order valence-electron chi connectivity index (χ4n) is 3.04. The summed E-state index contributed by atoms with van der Waals surface area (Å²) in [5.41, 5.74) is 8.63. The Morgan fingerprint density at radius 1 is 1.11 bits per heavy atom. The third-order valence-electron chi connectivity index (χ3n) is 4.53. The number of amides is 1. The highest BCUT2D eigenvalue weighted by Crippen LogP contribution is 2.48. The average molecular weight is 378 g/mol. The van der Waals surface area contributed by atoms with Crippen LogP contribution < -0.4 is 11.1 Å². The van der Waals surface area contributed by atoms with Crippen molar-refractivity contribution in [2.24, 2.45) is 5.92 Å². The van der Waals surface area contributed by atoms with Gasteiger partial charge in [-0.05, 0) is 62.4 Å². The van der Waals surface area contributed by atoms with Gasteiger partial charge in [0.2, 0.25) is 5.91 Å². The molecule has 5 heteroatoms. The van der Waals surface area contributed by atoms with Crippen molar-refractivity contribution in [1.82, 2.24) is 0 Å². The maximum Gasteiger partial charge on any atom is 0.331 e. The van der Waals surface area contributed by atoms with E-state index in [1.807, 2.05) is 57.2 Å². The highest BCUT2D eigenvalue weighted by molar-refractivity contribution is 5.97. The van der Waals surface area contributed by atoms with Gasteiger partial charge in [0, 0.05) is 12.0 Å². The summed E-state index contributed by atoms with van der Waals surface area (Å²) in [7, 11) is 0. The molecule has 5 nitrogen and oxygen atoms in total. The van der Waals surface area contributed by atoms with Gasteiger partial charge in [-0.15, -0.1) is 0 Å². The van der Waals surface area contributed by atoms with Crippen molar-refractivity contribution in [2.45, 2.75) is 38.7 Å². The molecule has 0 bridgehead atoms. The molecule has 1 amide bonds. The molecule has 1 fully saturated rings. The van der Waals surface area contributed by atoms with Crippen LogP contribution in [-0.2, 0) is 14.3 Å². The first-order valence-corrected chi connectivity index (χ1v) is 9.39. The highest BCUT2D eigenvalue weighted by atomic mass is 16.6. The van der Waals surface area contributed by atoms with Crippen LogP contribution in [0, 0.1) is 5.92 Å². The number of anilines is 2. The maximum absolute atomic E-state index is 12.4. The van der Waals surface area contributed by atoms with Crippen LogP contribution in [0.15, 0.2) is 54.6 Å². The Morgan fingerprint density at radius 2 is 1.79 bits per heavy atom.